The highest BCUT2D eigenvalue weighted by Crippen LogP contribution is 2.47. The van der Waals surface area contributed by atoms with E-state index in [2.05, 4.69) is 32.7 Å². The van der Waals surface area contributed by atoms with Gasteiger partial charge in [-0.25, -0.2) is 14.4 Å². The molecule has 1 heterocycles. The van der Waals surface area contributed by atoms with Crippen LogP contribution in [0.2, 0.25) is 0 Å². The maximum absolute atomic E-state index is 15.0. The maximum atomic E-state index is 15.0. The molecule has 1 aromatic heterocycles. The van der Waals surface area contributed by atoms with E-state index < -0.39 is 24.3 Å². The number of aliphatic hydroxyl groups excluding tert-OH is 1. The van der Waals surface area contributed by atoms with Crippen LogP contribution in [-0.2, 0) is 11.4 Å². The Kier molecular flexibility index (Phi) is 8.63. The fourth-order valence-electron chi connectivity index (χ4n) is 5.79. The van der Waals surface area contributed by atoms with Crippen molar-refractivity contribution < 1.29 is 33.6 Å². The third-order valence-corrected chi connectivity index (χ3v) is 7.01. The highest BCUT2D eigenvalue weighted by atomic mass is 19.1. The van der Waals surface area contributed by atoms with Crippen molar-refractivity contribution >= 4 is 5.97 Å². The number of hydrogen-bond acceptors (Lipinski definition) is 7. The number of benzene rings is 2. The van der Waals surface area contributed by atoms with Crippen LogP contribution in [-0.4, -0.2) is 39.4 Å². The molecule has 1 fully saturated rings. The van der Waals surface area contributed by atoms with Crippen LogP contribution in [0.3, 0.4) is 0 Å². The van der Waals surface area contributed by atoms with E-state index in [1.54, 1.807) is 36.4 Å². The second-order valence-electron chi connectivity index (χ2n) is 12.0. The first kappa shape index (κ1) is 29.3. The summed E-state index contributed by atoms with van der Waals surface area (Å²) < 4.78 is 32.7. The van der Waals surface area contributed by atoms with E-state index in [-0.39, 0.29) is 40.7 Å². The van der Waals surface area contributed by atoms with Crippen LogP contribution in [0.5, 0.6) is 17.4 Å². The summed E-state index contributed by atoms with van der Waals surface area (Å²) in [6.45, 7) is 8.94. The molecule has 1 atom stereocenters. The predicted octanol–water partition coefficient (Wildman–Crippen LogP) is 6.36. The monoisotopic (exact) mass is 552 g/mol. The van der Waals surface area contributed by atoms with Gasteiger partial charge in [0.05, 0.1) is 25.8 Å². The Morgan fingerprint density at radius 1 is 1.10 bits per heavy atom. The predicted molar refractivity (Wildman–Crippen MR) is 148 cm³/mol. The molecule has 40 heavy (non-hydrogen) atoms. The van der Waals surface area contributed by atoms with Crippen LogP contribution in [0.4, 0.5) is 4.39 Å². The molecule has 3 aromatic rings. The van der Waals surface area contributed by atoms with E-state index in [0.29, 0.717) is 22.8 Å². The Bertz CT molecular complexity index is 1340. The molecule has 214 valence electrons. The van der Waals surface area contributed by atoms with E-state index in [1.807, 2.05) is 0 Å². The minimum atomic E-state index is -1.15. The topological polar surface area (TPSA) is 111 Å². The van der Waals surface area contributed by atoms with E-state index in [4.69, 9.17) is 24.3 Å². The Labute approximate surface area is 234 Å². The second kappa shape index (κ2) is 11.8. The van der Waals surface area contributed by atoms with Crippen molar-refractivity contribution in [2.24, 2.45) is 10.8 Å². The van der Waals surface area contributed by atoms with Crippen LogP contribution in [0.15, 0.2) is 48.7 Å². The van der Waals surface area contributed by atoms with Crippen molar-refractivity contribution in [2.75, 3.05) is 7.11 Å². The van der Waals surface area contributed by atoms with Gasteiger partial charge in [0.15, 0.2) is 0 Å². The van der Waals surface area contributed by atoms with E-state index in [9.17, 15) is 14.3 Å². The van der Waals surface area contributed by atoms with Crippen LogP contribution in [0, 0.1) is 16.6 Å². The Morgan fingerprint density at radius 3 is 2.50 bits per heavy atom. The van der Waals surface area contributed by atoms with Gasteiger partial charge in [-0.15, -0.1) is 0 Å². The summed E-state index contributed by atoms with van der Waals surface area (Å²) in [5.74, 6) is -0.423. The van der Waals surface area contributed by atoms with Crippen molar-refractivity contribution in [3.05, 3.63) is 65.7 Å². The summed E-state index contributed by atoms with van der Waals surface area (Å²) in [5, 5.41) is 19.1. The van der Waals surface area contributed by atoms with Crippen molar-refractivity contribution in [1.82, 2.24) is 9.97 Å². The van der Waals surface area contributed by atoms with Crippen LogP contribution >= 0.6 is 0 Å². The zero-order valence-electron chi connectivity index (χ0n) is 23.6. The SMILES string of the molecule is COc1ccc(F)c(-c2ncc(COc3cccc([C@H](O)CC(=O)O)c3)nc2OC2CC(C)(C)CC(C)(C)C2)c1. The number of carbonyl (C=O) groups is 1. The second-order valence-corrected chi connectivity index (χ2v) is 12.0. The fourth-order valence-corrected chi connectivity index (χ4v) is 5.79. The average Bonchev–Trinajstić information content (AvgIpc) is 2.86. The molecule has 0 spiro atoms. The first-order chi connectivity index (χ1) is 18.8. The van der Waals surface area contributed by atoms with Gasteiger partial charge in [0.2, 0.25) is 5.88 Å². The normalized spacial score (nSPS) is 17.2. The molecule has 1 aliphatic carbocycles. The third-order valence-electron chi connectivity index (χ3n) is 7.01. The van der Waals surface area contributed by atoms with Crippen molar-refractivity contribution in [3.63, 3.8) is 0 Å². The van der Waals surface area contributed by atoms with Gasteiger partial charge in [0.25, 0.3) is 0 Å². The van der Waals surface area contributed by atoms with Gasteiger partial charge in [-0.1, -0.05) is 39.8 Å². The van der Waals surface area contributed by atoms with Crippen molar-refractivity contribution in [3.8, 4) is 28.6 Å². The zero-order valence-corrected chi connectivity index (χ0v) is 23.6. The number of ether oxygens (including phenoxy) is 3. The quantitative estimate of drug-likeness (QED) is 0.299. The minimum absolute atomic E-state index is 0.0321. The molecule has 0 bridgehead atoms. The molecule has 0 amide bonds. The number of halogens is 1. The van der Waals surface area contributed by atoms with Gasteiger partial charge in [-0.2, -0.15) is 0 Å². The summed E-state index contributed by atoms with van der Waals surface area (Å²) in [5.41, 5.74) is 1.54. The molecule has 0 unspecified atom stereocenters. The number of aliphatic carboxylic acids is 1. The number of carboxylic acid groups (broad SMARTS) is 1. The number of rotatable bonds is 10. The Morgan fingerprint density at radius 2 is 1.82 bits per heavy atom. The van der Waals surface area contributed by atoms with Gasteiger partial charge in [0, 0.05) is 5.56 Å². The lowest BCUT2D eigenvalue weighted by molar-refractivity contribution is -0.139. The van der Waals surface area contributed by atoms with Crippen LogP contribution in [0.1, 0.15) is 70.7 Å². The molecular weight excluding hydrogens is 515 g/mol. The molecule has 9 heteroatoms. The Hall–Kier alpha value is -3.72. The molecular formula is C31H37FN2O6. The van der Waals surface area contributed by atoms with Gasteiger partial charge in [0.1, 0.15) is 41.4 Å². The average molecular weight is 553 g/mol. The number of hydrogen-bond donors (Lipinski definition) is 2. The van der Waals surface area contributed by atoms with Crippen LogP contribution in [0.25, 0.3) is 11.3 Å². The summed E-state index contributed by atoms with van der Waals surface area (Å²) in [4.78, 5) is 20.2. The van der Waals surface area contributed by atoms with Gasteiger partial charge in [-0.05, 0) is 66.0 Å². The van der Waals surface area contributed by atoms with Crippen molar-refractivity contribution in [2.45, 2.75) is 72.2 Å². The Balaban J connectivity index is 1.63. The van der Waals surface area contributed by atoms with E-state index in [1.165, 1.54) is 19.4 Å². The molecule has 1 aliphatic rings. The fraction of sp³-hybridized carbons (Fsp3) is 0.452. The summed E-state index contributed by atoms with van der Waals surface area (Å²) >= 11 is 0. The highest BCUT2D eigenvalue weighted by molar-refractivity contribution is 5.68. The summed E-state index contributed by atoms with van der Waals surface area (Å²) in [6.07, 6.45) is 2.53. The molecule has 8 nitrogen and oxygen atoms in total. The molecule has 0 radical (unpaired) electrons. The van der Waals surface area contributed by atoms with Gasteiger partial charge in [-0.3, -0.25) is 4.79 Å². The summed E-state index contributed by atoms with van der Waals surface area (Å²) in [6, 6.07) is 11.1. The third kappa shape index (κ3) is 7.47. The lowest BCUT2D eigenvalue weighted by Crippen LogP contribution is -2.39. The van der Waals surface area contributed by atoms with Gasteiger partial charge < -0.3 is 24.4 Å². The number of aromatic nitrogens is 2. The molecule has 1 saturated carbocycles. The molecule has 4 rings (SSSR count). The number of carboxylic acids is 1. The smallest absolute Gasteiger partial charge is 0.306 e. The number of nitrogens with zero attached hydrogens (tertiary/aromatic N) is 2. The van der Waals surface area contributed by atoms with E-state index >= 15 is 0 Å². The van der Waals surface area contributed by atoms with Crippen molar-refractivity contribution in [1.29, 1.82) is 0 Å². The first-order valence-corrected chi connectivity index (χ1v) is 13.3. The standard InChI is InChI=1S/C31H37FN2O6/c1-30(2)14-23(15-31(3,4)18-30)40-29-28(24-12-21(38-5)9-10-25(24)32)33-16-20(34-29)17-39-22-8-6-7-19(11-22)26(35)13-27(36)37/h6-12,16,23,26,35H,13-15,17-18H2,1-5H3,(H,36,37)/t26-/m1/s1. The highest BCUT2D eigenvalue weighted by Gasteiger charge is 2.40. The molecule has 0 aliphatic heterocycles. The molecule has 2 aromatic carbocycles. The molecule has 0 saturated heterocycles. The van der Waals surface area contributed by atoms with E-state index in [0.717, 1.165) is 19.3 Å². The van der Waals surface area contributed by atoms with Gasteiger partial charge >= 0.3 is 5.97 Å². The number of methoxy groups -OCH3 is 1. The summed E-state index contributed by atoms with van der Waals surface area (Å²) in [7, 11) is 1.52. The lowest BCUT2D eigenvalue weighted by Gasteiger charge is -2.44. The minimum Gasteiger partial charge on any atom is -0.497 e. The zero-order chi connectivity index (χ0) is 29.1. The number of aliphatic hydroxyl groups is 1. The first-order valence-electron chi connectivity index (χ1n) is 13.3. The largest absolute Gasteiger partial charge is 0.497 e. The molecule has 2 N–H and O–H groups in total. The lowest BCUT2D eigenvalue weighted by atomic mass is 9.64. The maximum Gasteiger partial charge on any atom is 0.306 e. The van der Waals surface area contributed by atoms with Crippen LogP contribution < -0.4 is 14.2 Å².